The molecular weight excluding hydrogens is 310 g/mol. The van der Waals surface area contributed by atoms with E-state index in [1.807, 2.05) is 20.8 Å². The first kappa shape index (κ1) is 20.1. The van der Waals surface area contributed by atoms with Crippen molar-refractivity contribution in [3.8, 4) is 0 Å². The minimum Gasteiger partial charge on any atom is -0.444 e. The number of rotatable bonds is 3. The molecule has 1 aliphatic rings. The van der Waals surface area contributed by atoms with E-state index in [0.29, 0.717) is 19.4 Å². The molecule has 136 valence electrons. The number of hydrogen-bond donors (Lipinski definition) is 2. The first-order valence-corrected chi connectivity index (χ1v) is 8.22. The molecule has 1 aliphatic heterocycles. The molecule has 0 aromatic rings. The summed E-state index contributed by atoms with van der Waals surface area (Å²) in [6, 6.07) is -0.701. The van der Waals surface area contributed by atoms with Gasteiger partial charge in [0.1, 0.15) is 11.6 Å². The number of amides is 3. The zero-order valence-electron chi connectivity index (χ0n) is 15.5. The van der Waals surface area contributed by atoms with Gasteiger partial charge in [0.15, 0.2) is 0 Å². The summed E-state index contributed by atoms with van der Waals surface area (Å²) >= 11 is 0. The molecule has 0 spiro atoms. The summed E-state index contributed by atoms with van der Waals surface area (Å²) in [5.74, 6) is -1.03. The minimum absolute atomic E-state index is 0.131. The molecule has 1 rings (SSSR count). The van der Waals surface area contributed by atoms with Gasteiger partial charge in [-0.3, -0.25) is 19.8 Å². The van der Waals surface area contributed by atoms with E-state index in [1.165, 1.54) is 4.90 Å². The van der Waals surface area contributed by atoms with Gasteiger partial charge in [0.25, 0.3) is 0 Å². The molecule has 0 bridgehead atoms. The molecule has 1 atom stereocenters. The van der Waals surface area contributed by atoms with Crippen LogP contribution in [0.4, 0.5) is 4.79 Å². The smallest absolute Gasteiger partial charge is 0.410 e. The van der Waals surface area contributed by atoms with Crippen LogP contribution >= 0.6 is 0 Å². The van der Waals surface area contributed by atoms with Gasteiger partial charge >= 0.3 is 6.09 Å². The van der Waals surface area contributed by atoms with Crippen LogP contribution in [-0.2, 0) is 14.3 Å². The molecule has 1 heterocycles. The quantitative estimate of drug-likeness (QED) is 0.772. The first-order valence-electron chi connectivity index (χ1n) is 8.22. The second-order valence-electron chi connectivity index (χ2n) is 8.15. The molecule has 7 heteroatoms. The van der Waals surface area contributed by atoms with Crippen molar-refractivity contribution in [1.29, 1.82) is 5.41 Å². The largest absolute Gasteiger partial charge is 0.444 e. The van der Waals surface area contributed by atoms with E-state index in [-0.39, 0.29) is 12.1 Å². The summed E-state index contributed by atoms with van der Waals surface area (Å²) < 4.78 is 5.30. The van der Waals surface area contributed by atoms with Crippen LogP contribution in [0.2, 0.25) is 0 Å². The Hall–Kier alpha value is -1.92. The van der Waals surface area contributed by atoms with E-state index >= 15 is 0 Å². The van der Waals surface area contributed by atoms with E-state index in [0.717, 1.165) is 0 Å². The molecule has 0 radical (unpaired) electrons. The topological polar surface area (TPSA) is 99.6 Å². The van der Waals surface area contributed by atoms with Crippen LogP contribution in [0.3, 0.4) is 0 Å². The van der Waals surface area contributed by atoms with E-state index in [9.17, 15) is 14.4 Å². The number of imide groups is 1. The van der Waals surface area contributed by atoms with Gasteiger partial charge in [-0.1, -0.05) is 20.8 Å². The number of carbonyl (C=O) groups excluding carboxylic acids is 3. The normalized spacial score (nSPS) is 18.2. The van der Waals surface area contributed by atoms with Crippen LogP contribution in [-0.4, -0.2) is 46.7 Å². The Morgan fingerprint density at radius 3 is 2.25 bits per heavy atom. The number of likely N-dealkylation sites (tertiary alicyclic amines) is 1. The number of ether oxygens (including phenoxy) is 1. The van der Waals surface area contributed by atoms with Crippen molar-refractivity contribution in [1.82, 2.24) is 10.2 Å². The molecule has 7 nitrogen and oxygen atoms in total. The van der Waals surface area contributed by atoms with Crippen molar-refractivity contribution >= 4 is 23.6 Å². The summed E-state index contributed by atoms with van der Waals surface area (Å²) in [7, 11) is 0. The first-order chi connectivity index (χ1) is 10.8. The Labute approximate surface area is 143 Å². The monoisotopic (exact) mass is 339 g/mol. The highest BCUT2D eigenvalue weighted by molar-refractivity contribution is 6.08. The molecule has 0 aromatic heterocycles. The predicted octanol–water partition coefficient (Wildman–Crippen LogP) is 2.48. The van der Waals surface area contributed by atoms with Crippen LogP contribution < -0.4 is 5.32 Å². The summed E-state index contributed by atoms with van der Waals surface area (Å²) in [5, 5.41) is 10.2. The van der Waals surface area contributed by atoms with Gasteiger partial charge in [-0.05, 0) is 33.6 Å². The Morgan fingerprint density at radius 1 is 1.17 bits per heavy atom. The van der Waals surface area contributed by atoms with Crippen molar-refractivity contribution in [2.45, 2.75) is 72.4 Å². The second-order valence-corrected chi connectivity index (χ2v) is 8.15. The van der Waals surface area contributed by atoms with E-state index in [2.05, 4.69) is 5.32 Å². The van der Waals surface area contributed by atoms with Crippen LogP contribution in [0.25, 0.3) is 0 Å². The molecule has 0 aliphatic carbocycles. The predicted molar refractivity (Wildman–Crippen MR) is 90.9 cm³/mol. The fourth-order valence-corrected chi connectivity index (χ4v) is 2.27. The SMILES string of the molecule is CC(C)(C)OC(=O)N1CCCC1C(=O)NC(=O)CC(=N)C(C)(C)C. The Bertz CT molecular complexity index is 529. The van der Waals surface area contributed by atoms with Gasteiger partial charge in [-0.2, -0.15) is 0 Å². The maximum absolute atomic E-state index is 12.3. The number of carbonyl (C=O) groups is 3. The van der Waals surface area contributed by atoms with Gasteiger partial charge in [0.2, 0.25) is 11.8 Å². The fourth-order valence-electron chi connectivity index (χ4n) is 2.27. The van der Waals surface area contributed by atoms with Crippen molar-refractivity contribution in [2.75, 3.05) is 6.54 Å². The number of hydrogen-bond acceptors (Lipinski definition) is 5. The molecule has 24 heavy (non-hydrogen) atoms. The lowest BCUT2D eigenvalue weighted by molar-refractivity contribution is -0.132. The lowest BCUT2D eigenvalue weighted by Gasteiger charge is -2.28. The average molecular weight is 339 g/mol. The molecule has 1 fully saturated rings. The zero-order valence-corrected chi connectivity index (χ0v) is 15.5. The van der Waals surface area contributed by atoms with Crippen molar-refractivity contribution in [3.05, 3.63) is 0 Å². The summed E-state index contributed by atoms with van der Waals surface area (Å²) in [6.07, 6.45) is 0.502. The molecule has 2 N–H and O–H groups in total. The standard InChI is InChI=1S/C17H29N3O4/c1-16(2,3)12(18)10-13(21)19-14(22)11-8-7-9-20(11)15(23)24-17(4,5)6/h11,18H,7-10H2,1-6H3,(H,19,21,22). The summed E-state index contributed by atoms with van der Waals surface area (Å²) in [5.41, 5.74) is -0.808. The van der Waals surface area contributed by atoms with Crippen LogP contribution in [0.1, 0.15) is 60.8 Å². The maximum atomic E-state index is 12.3. The lowest BCUT2D eigenvalue weighted by atomic mass is 9.88. The fraction of sp³-hybridized carbons (Fsp3) is 0.765. The molecule has 0 aromatic carbocycles. The summed E-state index contributed by atoms with van der Waals surface area (Å²) in [6.45, 7) is 11.2. The van der Waals surface area contributed by atoms with Crippen molar-refractivity contribution in [2.24, 2.45) is 5.41 Å². The van der Waals surface area contributed by atoms with Crippen LogP contribution in [0, 0.1) is 10.8 Å². The van der Waals surface area contributed by atoms with Crippen LogP contribution in [0.5, 0.6) is 0 Å². The third-order valence-electron chi connectivity index (χ3n) is 3.69. The van der Waals surface area contributed by atoms with Crippen molar-refractivity contribution in [3.63, 3.8) is 0 Å². The highest BCUT2D eigenvalue weighted by Gasteiger charge is 2.37. The van der Waals surface area contributed by atoms with Crippen LogP contribution in [0.15, 0.2) is 0 Å². The molecule has 1 unspecified atom stereocenters. The van der Waals surface area contributed by atoms with Gasteiger partial charge in [0.05, 0.1) is 6.42 Å². The Morgan fingerprint density at radius 2 is 1.75 bits per heavy atom. The maximum Gasteiger partial charge on any atom is 0.410 e. The minimum atomic E-state index is -0.701. The van der Waals surface area contributed by atoms with Crippen molar-refractivity contribution < 1.29 is 19.1 Å². The molecule has 1 saturated heterocycles. The van der Waals surface area contributed by atoms with Gasteiger partial charge in [0, 0.05) is 17.7 Å². The van der Waals surface area contributed by atoms with E-state index in [4.69, 9.17) is 10.1 Å². The van der Waals surface area contributed by atoms with Gasteiger partial charge in [-0.25, -0.2) is 4.79 Å². The number of nitrogens with one attached hydrogen (secondary N) is 2. The highest BCUT2D eigenvalue weighted by atomic mass is 16.6. The lowest BCUT2D eigenvalue weighted by Crippen LogP contribution is -2.49. The Balaban J connectivity index is 2.64. The van der Waals surface area contributed by atoms with E-state index in [1.54, 1.807) is 20.8 Å². The van der Waals surface area contributed by atoms with Gasteiger partial charge < -0.3 is 10.1 Å². The van der Waals surface area contributed by atoms with Gasteiger partial charge in [-0.15, -0.1) is 0 Å². The number of nitrogens with zero attached hydrogens (tertiary/aromatic N) is 1. The zero-order chi connectivity index (χ0) is 18.7. The van der Waals surface area contributed by atoms with E-state index < -0.39 is 35.0 Å². The molecule has 0 saturated carbocycles. The third-order valence-corrected chi connectivity index (χ3v) is 3.69. The molecular formula is C17H29N3O4. The highest BCUT2D eigenvalue weighted by Crippen LogP contribution is 2.21. The third kappa shape index (κ3) is 5.94. The second kappa shape index (κ2) is 7.32. The average Bonchev–Trinajstić information content (AvgIpc) is 2.84. The molecule has 3 amide bonds. The summed E-state index contributed by atoms with van der Waals surface area (Å²) in [4.78, 5) is 37.8. The Kier molecular flexibility index (Phi) is 6.14.